The number of fused-ring (bicyclic) bond motifs is 5. The fourth-order valence-corrected chi connectivity index (χ4v) is 9.82. The Morgan fingerprint density at radius 2 is 1.93 bits per heavy atom. The van der Waals surface area contributed by atoms with Gasteiger partial charge in [-0.05, 0) is 104 Å². The van der Waals surface area contributed by atoms with E-state index in [0.29, 0.717) is 24.2 Å². The number of carbonyl (C=O) groups is 1. The van der Waals surface area contributed by atoms with E-state index in [2.05, 4.69) is 51.0 Å². The third kappa shape index (κ3) is 6.40. The van der Waals surface area contributed by atoms with Crippen molar-refractivity contribution in [3.05, 3.63) is 23.5 Å². The molecule has 0 saturated heterocycles. The van der Waals surface area contributed by atoms with Crippen LogP contribution in [0.25, 0.3) is 0 Å². The number of carbonyl (C=O) groups excluding carboxylic acids is 1. The molecule has 5 rings (SSSR count). The minimum atomic E-state index is -0.600. The molecule has 0 unspecified atom stereocenters. The minimum Gasteiger partial charge on any atom is -0.431 e. The molecule has 4 aliphatic carbocycles. The Hall–Kier alpha value is -1.89. The summed E-state index contributed by atoms with van der Waals surface area (Å²) < 4.78 is 12.9. The molecule has 0 aromatic carbocycles. The Bertz CT molecular complexity index is 1070. The van der Waals surface area contributed by atoms with Gasteiger partial charge in [0, 0.05) is 13.0 Å². The van der Waals surface area contributed by atoms with Crippen LogP contribution in [0.2, 0.25) is 0 Å². The van der Waals surface area contributed by atoms with Gasteiger partial charge in [-0.25, -0.2) is 4.79 Å². The van der Waals surface area contributed by atoms with E-state index in [0.717, 1.165) is 61.2 Å². The second kappa shape index (κ2) is 12.8. The van der Waals surface area contributed by atoms with E-state index in [1.54, 1.807) is 10.9 Å². The zero-order chi connectivity index (χ0) is 29.2. The van der Waals surface area contributed by atoms with Crippen LogP contribution in [-0.2, 0) is 22.6 Å². The number of aromatic nitrogens is 3. The number of allylic oxidation sites excluding steroid dienone is 1. The number of ether oxygens (including phenoxy) is 2. The maximum atomic E-state index is 12.5. The third-order valence-electron chi connectivity index (χ3n) is 12.0. The molecular weight excluding hydrogens is 512 g/mol. The van der Waals surface area contributed by atoms with Gasteiger partial charge in [0.25, 0.3) is 0 Å². The summed E-state index contributed by atoms with van der Waals surface area (Å²) in [6.07, 6.45) is 18.3. The van der Waals surface area contributed by atoms with Crippen molar-refractivity contribution in [3.63, 3.8) is 0 Å². The third-order valence-corrected chi connectivity index (χ3v) is 12.0. The lowest BCUT2D eigenvalue weighted by Gasteiger charge is -2.58. The van der Waals surface area contributed by atoms with Gasteiger partial charge >= 0.3 is 6.16 Å². The van der Waals surface area contributed by atoms with E-state index in [4.69, 9.17) is 15.2 Å². The van der Waals surface area contributed by atoms with Gasteiger partial charge in [0.2, 0.25) is 0 Å². The Morgan fingerprint density at radius 3 is 2.71 bits per heavy atom. The predicted octanol–water partition coefficient (Wildman–Crippen LogP) is 7.69. The largest absolute Gasteiger partial charge is 0.508 e. The Morgan fingerprint density at radius 1 is 1.10 bits per heavy atom. The number of aryl methyl sites for hydroxylation is 1. The van der Waals surface area contributed by atoms with Crippen molar-refractivity contribution in [2.24, 2.45) is 52.1 Å². The van der Waals surface area contributed by atoms with Crippen LogP contribution in [0.15, 0.2) is 17.8 Å². The highest BCUT2D eigenvalue weighted by Crippen LogP contribution is 2.67. The summed E-state index contributed by atoms with van der Waals surface area (Å²) in [6.45, 7) is 13.9. The van der Waals surface area contributed by atoms with Crippen molar-refractivity contribution in [1.29, 1.82) is 0 Å². The SMILES string of the molecule is CC(C)CCC[C@@H](C)[C@H]1CC[C@H]2[C@@H]3CC=C4C[C@@H](OC(=O)OCc5cn(CCCN)nn5)CC[C@]4(C)[C@H]3CC[C@]12C. The average molecular weight is 569 g/mol. The first kappa shape index (κ1) is 30.6. The smallest absolute Gasteiger partial charge is 0.431 e. The molecule has 2 N–H and O–H groups in total. The van der Waals surface area contributed by atoms with Crippen molar-refractivity contribution in [2.75, 3.05) is 6.54 Å². The standard InChI is InChI=1S/C34H56N4O3/c1-23(2)8-6-9-24(3)29-12-13-30-28-11-10-25-20-27(14-16-33(25,4)31(28)15-17-34(29,30)5)41-32(39)40-22-26-21-38(37-36-26)19-7-18-35/h10,21,23-24,27-31H,6-9,11-20,22,35H2,1-5H3/t24-,27+,28+,29-,30+,31+,33+,34-/m1/s1. The Labute approximate surface area is 248 Å². The number of nitrogens with two attached hydrogens (primary N) is 1. The summed E-state index contributed by atoms with van der Waals surface area (Å²) >= 11 is 0. The van der Waals surface area contributed by atoms with Crippen LogP contribution in [-0.4, -0.2) is 33.8 Å². The summed E-state index contributed by atoms with van der Waals surface area (Å²) in [5.74, 6) is 5.01. The van der Waals surface area contributed by atoms with Gasteiger partial charge in [-0.1, -0.05) is 70.7 Å². The van der Waals surface area contributed by atoms with Crippen molar-refractivity contribution < 1.29 is 14.3 Å². The van der Waals surface area contributed by atoms with Crippen LogP contribution < -0.4 is 5.73 Å². The lowest BCUT2D eigenvalue weighted by atomic mass is 9.47. The molecule has 0 bridgehead atoms. The van der Waals surface area contributed by atoms with E-state index in [9.17, 15) is 4.79 Å². The number of hydrogen-bond acceptors (Lipinski definition) is 6. The van der Waals surface area contributed by atoms with Crippen LogP contribution in [0, 0.1) is 46.3 Å². The Kier molecular flexibility index (Phi) is 9.52. The highest BCUT2D eigenvalue weighted by atomic mass is 16.7. The van der Waals surface area contributed by atoms with E-state index in [1.165, 1.54) is 56.9 Å². The van der Waals surface area contributed by atoms with E-state index < -0.39 is 6.16 Å². The maximum absolute atomic E-state index is 12.5. The van der Waals surface area contributed by atoms with E-state index in [1.807, 2.05) is 0 Å². The van der Waals surface area contributed by atoms with Gasteiger partial charge < -0.3 is 15.2 Å². The molecule has 4 aliphatic rings. The zero-order valence-electron chi connectivity index (χ0n) is 26.4. The lowest BCUT2D eigenvalue weighted by Crippen LogP contribution is -2.51. The van der Waals surface area contributed by atoms with Gasteiger partial charge in [-0.3, -0.25) is 4.68 Å². The van der Waals surface area contributed by atoms with E-state index >= 15 is 0 Å². The fourth-order valence-electron chi connectivity index (χ4n) is 9.82. The first-order chi connectivity index (χ1) is 19.6. The predicted molar refractivity (Wildman–Crippen MR) is 162 cm³/mol. The van der Waals surface area contributed by atoms with Crippen molar-refractivity contribution in [3.8, 4) is 0 Å². The summed E-state index contributed by atoms with van der Waals surface area (Å²) in [5.41, 5.74) is 8.48. The molecule has 0 aliphatic heterocycles. The summed E-state index contributed by atoms with van der Waals surface area (Å²) in [7, 11) is 0. The monoisotopic (exact) mass is 568 g/mol. The first-order valence-electron chi connectivity index (χ1n) is 16.8. The van der Waals surface area contributed by atoms with Gasteiger partial charge in [0.15, 0.2) is 0 Å². The molecule has 3 fully saturated rings. The molecule has 41 heavy (non-hydrogen) atoms. The first-order valence-corrected chi connectivity index (χ1v) is 16.8. The molecule has 1 aromatic heterocycles. The molecule has 0 amide bonds. The minimum absolute atomic E-state index is 0.0792. The maximum Gasteiger partial charge on any atom is 0.508 e. The molecule has 7 nitrogen and oxygen atoms in total. The quantitative estimate of drug-likeness (QED) is 0.217. The fraction of sp³-hybridized carbons (Fsp3) is 0.853. The Balaban J connectivity index is 1.15. The highest BCUT2D eigenvalue weighted by Gasteiger charge is 2.59. The van der Waals surface area contributed by atoms with Gasteiger partial charge in [-0.15, -0.1) is 5.10 Å². The lowest BCUT2D eigenvalue weighted by molar-refractivity contribution is -0.0620. The second-order valence-corrected chi connectivity index (χ2v) is 14.9. The average Bonchev–Trinajstić information content (AvgIpc) is 3.54. The van der Waals surface area contributed by atoms with Crippen molar-refractivity contribution >= 4 is 6.16 Å². The van der Waals surface area contributed by atoms with Crippen LogP contribution in [0.3, 0.4) is 0 Å². The molecule has 1 aromatic rings. The summed E-state index contributed by atoms with van der Waals surface area (Å²) in [4.78, 5) is 12.5. The highest BCUT2D eigenvalue weighted by molar-refractivity contribution is 5.60. The molecule has 8 atom stereocenters. The van der Waals surface area contributed by atoms with Crippen LogP contribution >= 0.6 is 0 Å². The molecule has 0 radical (unpaired) electrons. The van der Waals surface area contributed by atoms with Crippen LogP contribution in [0.4, 0.5) is 4.79 Å². The number of nitrogens with zero attached hydrogens (tertiary/aromatic N) is 3. The normalized spacial score (nSPS) is 35.3. The summed E-state index contributed by atoms with van der Waals surface area (Å²) in [6, 6.07) is 0. The second-order valence-electron chi connectivity index (χ2n) is 14.9. The van der Waals surface area contributed by atoms with Crippen LogP contribution in [0.1, 0.15) is 117 Å². The van der Waals surface area contributed by atoms with Gasteiger partial charge in [-0.2, -0.15) is 0 Å². The number of hydrogen-bond donors (Lipinski definition) is 1. The van der Waals surface area contributed by atoms with Gasteiger partial charge in [0.05, 0.1) is 6.20 Å². The van der Waals surface area contributed by atoms with Crippen LogP contribution in [0.5, 0.6) is 0 Å². The molecular formula is C34H56N4O3. The molecule has 230 valence electrons. The molecule has 0 spiro atoms. The van der Waals surface area contributed by atoms with E-state index in [-0.39, 0.29) is 18.1 Å². The summed E-state index contributed by atoms with van der Waals surface area (Å²) in [5, 5.41) is 8.14. The van der Waals surface area contributed by atoms with Gasteiger partial charge in [0.1, 0.15) is 18.4 Å². The number of rotatable bonds is 11. The van der Waals surface area contributed by atoms with Crippen molar-refractivity contribution in [2.45, 2.75) is 131 Å². The van der Waals surface area contributed by atoms with Crippen molar-refractivity contribution in [1.82, 2.24) is 15.0 Å². The molecule has 3 saturated carbocycles. The molecule has 7 heteroatoms. The topological polar surface area (TPSA) is 92.3 Å². The molecule has 1 heterocycles. The zero-order valence-corrected chi connectivity index (χ0v) is 26.4.